The molecular formula is C10H16N6O2S. The molecule has 8 nitrogen and oxygen atoms in total. The normalized spacial score (nSPS) is 12.5. The quantitative estimate of drug-likeness (QED) is 0.827. The largest absolute Gasteiger partial charge is 0.279 e. The molecule has 0 aliphatic carbocycles. The average molecular weight is 284 g/mol. The van der Waals surface area contributed by atoms with Crippen molar-refractivity contribution in [2.24, 2.45) is 0 Å². The standard InChI is InChI=1S/C10H16N6O2S/c1-7-5-8(2)16-9(13-14-10(16)12-7)6-11-19(17,18)15(3)4/h5,11H,6H2,1-4H3. The van der Waals surface area contributed by atoms with Crippen molar-refractivity contribution in [3.8, 4) is 0 Å². The summed E-state index contributed by atoms with van der Waals surface area (Å²) in [6, 6.07) is 1.89. The van der Waals surface area contributed by atoms with Crippen LogP contribution >= 0.6 is 0 Å². The summed E-state index contributed by atoms with van der Waals surface area (Å²) >= 11 is 0. The van der Waals surface area contributed by atoms with Gasteiger partial charge in [0, 0.05) is 25.5 Å². The van der Waals surface area contributed by atoms with Crippen LogP contribution in [0.3, 0.4) is 0 Å². The van der Waals surface area contributed by atoms with Crippen molar-refractivity contribution >= 4 is 16.0 Å². The number of nitrogens with one attached hydrogen (secondary N) is 1. The molecule has 0 fully saturated rings. The Bertz CT molecular complexity index is 706. The lowest BCUT2D eigenvalue weighted by Gasteiger charge is -2.11. The van der Waals surface area contributed by atoms with E-state index in [1.807, 2.05) is 19.9 Å². The van der Waals surface area contributed by atoms with Gasteiger partial charge in [-0.2, -0.15) is 17.4 Å². The molecule has 0 aliphatic rings. The van der Waals surface area contributed by atoms with Gasteiger partial charge in [0.15, 0.2) is 5.82 Å². The summed E-state index contributed by atoms with van der Waals surface area (Å²) in [5.41, 5.74) is 1.75. The first-order valence-corrected chi connectivity index (χ1v) is 7.10. The Morgan fingerprint density at radius 1 is 1.32 bits per heavy atom. The van der Waals surface area contributed by atoms with Crippen molar-refractivity contribution in [2.45, 2.75) is 20.4 Å². The molecule has 1 N–H and O–H groups in total. The van der Waals surface area contributed by atoms with Gasteiger partial charge in [-0.3, -0.25) is 4.40 Å². The van der Waals surface area contributed by atoms with E-state index in [9.17, 15) is 8.42 Å². The summed E-state index contributed by atoms with van der Waals surface area (Å²) in [6.07, 6.45) is 0. The predicted molar refractivity (Wildman–Crippen MR) is 69.7 cm³/mol. The third-order valence-electron chi connectivity index (χ3n) is 2.65. The van der Waals surface area contributed by atoms with E-state index in [0.717, 1.165) is 15.7 Å². The Balaban J connectivity index is 2.33. The Labute approximate surface area is 111 Å². The fourth-order valence-corrected chi connectivity index (χ4v) is 2.27. The number of hydrogen-bond donors (Lipinski definition) is 1. The SMILES string of the molecule is Cc1cc(C)n2c(CNS(=O)(=O)N(C)C)nnc2n1. The summed E-state index contributed by atoms with van der Waals surface area (Å²) in [5.74, 6) is 0.974. The van der Waals surface area contributed by atoms with Crippen molar-refractivity contribution in [3.05, 3.63) is 23.3 Å². The molecule has 0 saturated heterocycles. The van der Waals surface area contributed by atoms with E-state index in [4.69, 9.17) is 0 Å². The minimum Gasteiger partial charge on any atom is -0.266 e. The fourth-order valence-electron chi connectivity index (χ4n) is 1.70. The van der Waals surface area contributed by atoms with E-state index in [-0.39, 0.29) is 6.54 Å². The number of fused-ring (bicyclic) bond motifs is 1. The molecule has 2 aromatic heterocycles. The number of aromatic nitrogens is 4. The second kappa shape index (κ2) is 4.83. The van der Waals surface area contributed by atoms with Crippen molar-refractivity contribution in [1.29, 1.82) is 0 Å². The molecule has 0 amide bonds. The van der Waals surface area contributed by atoms with Crippen LogP contribution in [0.1, 0.15) is 17.2 Å². The maximum Gasteiger partial charge on any atom is 0.279 e. The van der Waals surface area contributed by atoms with Gasteiger partial charge in [-0.1, -0.05) is 0 Å². The van der Waals surface area contributed by atoms with Crippen LogP contribution in [0.5, 0.6) is 0 Å². The minimum atomic E-state index is -3.48. The van der Waals surface area contributed by atoms with Crippen molar-refractivity contribution < 1.29 is 8.42 Å². The van der Waals surface area contributed by atoms with Crippen LogP contribution in [-0.2, 0) is 16.8 Å². The lowest BCUT2D eigenvalue weighted by atomic mass is 10.3. The molecule has 0 saturated carbocycles. The highest BCUT2D eigenvalue weighted by Gasteiger charge is 2.15. The van der Waals surface area contributed by atoms with E-state index in [0.29, 0.717) is 11.6 Å². The lowest BCUT2D eigenvalue weighted by molar-refractivity contribution is 0.503. The first-order chi connectivity index (χ1) is 8.81. The summed E-state index contributed by atoms with van der Waals surface area (Å²) in [6.45, 7) is 3.83. The van der Waals surface area contributed by atoms with Crippen molar-refractivity contribution in [1.82, 2.24) is 28.6 Å². The summed E-state index contributed by atoms with van der Waals surface area (Å²) < 4.78 is 28.6. The number of nitrogens with zero attached hydrogens (tertiary/aromatic N) is 5. The third-order valence-corrected chi connectivity index (χ3v) is 4.12. The highest BCUT2D eigenvalue weighted by molar-refractivity contribution is 7.87. The van der Waals surface area contributed by atoms with Gasteiger partial charge in [-0.05, 0) is 19.9 Å². The lowest BCUT2D eigenvalue weighted by Crippen LogP contribution is -2.35. The second-order valence-electron chi connectivity index (χ2n) is 4.40. The molecule has 9 heteroatoms. The molecule has 19 heavy (non-hydrogen) atoms. The Hall–Kier alpha value is -1.58. The highest BCUT2D eigenvalue weighted by Crippen LogP contribution is 2.08. The molecule has 0 aliphatic heterocycles. The predicted octanol–water partition coefficient (Wildman–Crippen LogP) is -0.363. The average Bonchev–Trinajstić information content (AvgIpc) is 2.69. The zero-order valence-electron chi connectivity index (χ0n) is 11.2. The maximum absolute atomic E-state index is 11.6. The van der Waals surface area contributed by atoms with Crippen LogP contribution in [0.4, 0.5) is 0 Å². The van der Waals surface area contributed by atoms with Gasteiger partial charge in [0.1, 0.15) is 0 Å². The highest BCUT2D eigenvalue weighted by atomic mass is 32.2. The molecule has 0 aromatic carbocycles. The van der Waals surface area contributed by atoms with Crippen molar-refractivity contribution in [2.75, 3.05) is 14.1 Å². The van der Waals surface area contributed by atoms with Gasteiger partial charge in [-0.15, -0.1) is 10.2 Å². The molecule has 0 spiro atoms. The smallest absolute Gasteiger partial charge is 0.266 e. The first kappa shape index (κ1) is 13.8. The molecule has 0 radical (unpaired) electrons. The molecule has 2 aromatic rings. The number of aryl methyl sites for hydroxylation is 2. The van der Waals surface area contributed by atoms with Gasteiger partial charge >= 0.3 is 0 Å². The third kappa shape index (κ3) is 2.72. The summed E-state index contributed by atoms with van der Waals surface area (Å²) in [7, 11) is -0.565. The van der Waals surface area contributed by atoms with E-state index in [2.05, 4.69) is 19.9 Å². The van der Waals surface area contributed by atoms with Crippen LogP contribution in [0, 0.1) is 13.8 Å². The molecular weight excluding hydrogens is 268 g/mol. The summed E-state index contributed by atoms with van der Waals surface area (Å²) in [5, 5.41) is 7.90. The van der Waals surface area contributed by atoms with E-state index < -0.39 is 10.2 Å². The monoisotopic (exact) mass is 284 g/mol. The molecule has 0 unspecified atom stereocenters. The Morgan fingerprint density at radius 3 is 2.63 bits per heavy atom. The van der Waals surface area contributed by atoms with E-state index >= 15 is 0 Å². The molecule has 2 heterocycles. The van der Waals surface area contributed by atoms with Crippen LogP contribution < -0.4 is 4.72 Å². The Morgan fingerprint density at radius 2 is 2.00 bits per heavy atom. The first-order valence-electron chi connectivity index (χ1n) is 5.66. The van der Waals surface area contributed by atoms with Gasteiger partial charge in [0.05, 0.1) is 6.54 Å². The molecule has 104 valence electrons. The summed E-state index contributed by atoms with van der Waals surface area (Å²) in [4.78, 5) is 4.24. The second-order valence-corrected chi connectivity index (χ2v) is 6.37. The number of rotatable bonds is 4. The van der Waals surface area contributed by atoms with Gasteiger partial charge < -0.3 is 0 Å². The topological polar surface area (TPSA) is 92.5 Å². The number of hydrogen-bond acceptors (Lipinski definition) is 5. The van der Waals surface area contributed by atoms with Gasteiger partial charge in [-0.25, -0.2) is 4.98 Å². The molecule has 2 rings (SSSR count). The zero-order chi connectivity index (χ0) is 14.2. The minimum absolute atomic E-state index is 0.0628. The fraction of sp³-hybridized carbons (Fsp3) is 0.500. The zero-order valence-corrected chi connectivity index (χ0v) is 12.1. The van der Waals surface area contributed by atoms with E-state index in [1.54, 1.807) is 4.40 Å². The van der Waals surface area contributed by atoms with Crippen LogP contribution in [0.2, 0.25) is 0 Å². The molecule has 0 atom stereocenters. The van der Waals surface area contributed by atoms with Crippen LogP contribution in [-0.4, -0.2) is 46.4 Å². The molecule has 0 bridgehead atoms. The van der Waals surface area contributed by atoms with Crippen LogP contribution in [0.15, 0.2) is 6.07 Å². The van der Waals surface area contributed by atoms with E-state index in [1.165, 1.54) is 14.1 Å². The van der Waals surface area contributed by atoms with Gasteiger partial charge in [0.2, 0.25) is 0 Å². The maximum atomic E-state index is 11.6. The van der Waals surface area contributed by atoms with Crippen molar-refractivity contribution in [3.63, 3.8) is 0 Å². The van der Waals surface area contributed by atoms with Crippen LogP contribution in [0.25, 0.3) is 5.78 Å². The van der Waals surface area contributed by atoms with Gasteiger partial charge in [0.25, 0.3) is 16.0 Å². The Kier molecular flexibility index (Phi) is 3.52.